The monoisotopic (exact) mass is 598 g/mol. The maximum absolute atomic E-state index is 15.1. The van der Waals surface area contributed by atoms with Gasteiger partial charge in [-0.3, -0.25) is 19.6 Å². The fourth-order valence-electron chi connectivity index (χ4n) is 5.24. The number of pyridine rings is 2. The van der Waals surface area contributed by atoms with Crippen molar-refractivity contribution in [3.05, 3.63) is 47.9 Å². The normalized spacial score (nSPS) is 17.5. The Morgan fingerprint density at radius 2 is 2.10 bits per heavy atom. The zero-order valence-electron chi connectivity index (χ0n) is 23.9. The standard InChI is InChI=1S/C29H35FN6O5S/c1-34(2)13-19(37)14-35(16-21-22(30)12-31-23-7-9-27(40-3)33-28(21)23)10-4-5-20-15-36(29(39)41-20)18-6-8-25-24(11-18)32-26(38)17-42-25/h6-9,11-12,19-20,37H,4-5,10,13-17H2,1-3H3,(H,32,38)/t19-,20+/m0/s1. The molecule has 0 bridgehead atoms. The van der Waals surface area contributed by atoms with Crippen molar-refractivity contribution in [1.82, 2.24) is 19.8 Å². The van der Waals surface area contributed by atoms with E-state index in [9.17, 15) is 14.7 Å². The van der Waals surface area contributed by atoms with E-state index in [1.165, 1.54) is 25.1 Å². The summed E-state index contributed by atoms with van der Waals surface area (Å²) in [5.74, 6) is 0.192. The lowest BCUT2D eigenvalue weighted by Crippen LogP contribution is -2.38. The maximum atomic E-state index is 15.1. The Kier molecular flexibility index (Phi) is 9.41. The number of fused-ring (bicyclic) bond motifs is 2. The number of aliphatic hydroxyl groups excluding tert-OH is 1. The lowest BCUT2D eigenvalue weighted by atomic mass is 10.1. The minimum Gasteiger partial charge on any atom is -0.481 e. The number of anilines is 2. The minimum absolute atomic E-state index is 0.0682. The lowest BCUT2D eigenvalue weighted by molar-refractivity contribution is -0.113. The SMILES string of the molecule is COc1ccc2ncc(F)c(CN(CCC[C@@H]3CN(c4ccc5c(c4)NC(=O)CS5)C(=O)O3)C[C@@H](O)CN(C)C)c2n1. The second kappa shape index (κ2) is 13.2. The molecule has 1 aromatic carbocycles. The van der Waals surface area contributed by atoms with Crippen LogP contribution in [0.25, 0.3) is 11.0 Å². The number of halogens is 1. The molecule has 42 heavy (non-hydrogen) atoms. The molecule has 2 N–H and O–H groups in total. The molecule has 2 aliphatic rings. The van der Waals surface area contributed by atoms with Gasteiger partial charge in [-0.05, 0) is 57.7 Å². The number of hydrogen-bond donors (Lipinski definition) is 2. The van der Waals surface area contributed by atoms with E-state index in [-0.39, 0.29) is 18.6 Å². The number of aromatic nitrogens is 2. The van der Waals surface area contributed by atoms with E-state index in [2.05, 4.69) is 15.3 Å². The van der Waals surface area contributed by atoms with Crippen LogP contribution < -0.4 is 15.0 Å². The molecule has 224 valence electrons. The second-order valence-corrected chi connectivity index (χ2v) is 11.8. The number of rotatable bonds is 12. The van der Waals surface area contributed by atoms with Crippen molar-refractivity contribution in [1.29, 1.82) is 0 Å². The number of aliphatic hydroxyl groups is 1. The third-order valence-corrected chi connectivity index (χ3v) is 8.23. The number of thioether (sulfide) groups is 1. The highest BCUT2D eigenvalue weighted by Gasteiger charge is 2.33. The van der Waals surface area contributed by atoms with Crippen LogP contribution in [0, 0.1) is 5.82 Å². The van der Waals surface area contributed by atoms with Crippen molar-refractivity contribution in [2.75, 3.05) is 63.4 Å². The van der Waals surface area contributed by atoms with Crippen molar-refractivity contribution >= 4 is 46.2 Å². The molecule has 0 radical (unpaired) electrons. The molecule has 0 unspecified atom stereocenters. The van der Waals surface area contributed by atoms with E-state index >= 15 is 4.39 Å². The largest absolute Gasteiger partial charge is 0.481 e. The summed E-state index contributed by atoms with van der Waals surface area (Å²) < 4.78 is 26.0. The Morgan fingerprint density at radius 1 is 1.26 bits per heavy atom. The van der Waals surface area contributed by atoms with Gasteiger partial charge in [0, 0.05) is 41.8 Å². The summed E-state index contributed by atoms with van der Waals surface area (Å²) in [7, 11) is 5.27. The van der Waals surface area contributed by atoms with Crippen LogP contribution in [0.3, 0.4) is 0 Å². The Balaban J connectivity index is 1.25. The average Bonchev–Trinajstić information content (AvgIpc) is 3.33. The molecule has 2 aliphatic heterocycles. The second-order valence-electron chi connectivity index (χ2n) is 10.7. The first-order valence-electron chi connectivity index (χ1n) is 13.8. The van der Waals surface area contributed by atoms with Crippen molar-refractivity contribution in [2.24, 2.45) is 0 Å². The number of nitrogens with one attached hydrogen (secondary N) is 1. The first-order chi connectivity index (χ1) is 20.2. The van der Waals surface area contributed by atoms with E-state index in [1.54, 1.807) is 23.1 Å². The third kappa shape index (κ3) is 7.09. The molecule has 0 aliphatic carbocycles. The first kappa shape index (κ1) is 30.0. The Bertz CT molecular complexity index is 1460. The summed E-state index contributed by atoms with van der Waals surface area (Å²) in [6, 6.07) is 8.98. The molecule has 4 heterocycles. The van der Waals surface area contributed by atoms with Gasteiger partial charge < -0.3 is 24.8 Å². The van der Waals surface area contributed by atoms with Gasteiger partial charge in [0.15, 0.2) is 0 Å². The molecule has 0 spiro atoms. The fourth-order valence-corrected chi connectivity index (χ4v) is 6.03. The number of ether oxygens (including phenoxy) is 2. The van der Waals surface area contributed by atoms with Crippen LogP contribution in [0.1, 0.15) is 18.4 Å². The predicted molar refractivity (Wildman–Crippen MR) is 159 cm³/mol. The molecular formula is C29H35FN6O5S. The van der Waals surface area contributed by atoms with Gasteiger partial charge >= 0.3 is 6.09 Å². The molecule has 2 aromatic heterocycles. The summed E-state index contributed by atoms with van der Waals surface area (Å²) in [4.78, 5) is 39.6. The highest BCUT2D eigenvalue weighted by Crippen LogP contribution is 2.35. The first-order valence-corrected chi connectivity index (χ1v) is 14.8. The highest BCUT2D eigenvalue weighted by atomic mass is 32.2. The van der Waals surface area contributed by atoms with Crippen LogP contribution >= 0.6 is 11.8 Å². The van der Waals surface area contributed by atoms with Crippen molar-refractivity contribution in [3.63, 3.8) is 0 Å². The number of likely N-dealkylation sites (N-methyl/N-ethyl adjacent to an activating group) is 1. The van der Waals surface area contributed by atoms with E-state index in [0.717, 1.165) is 4.90 Å². The number of carbonyl (C=O) groups is 2. The minimum atomic E-state index is -0.652. The third-order valence-electron chi connectivity index (χ3n) is 7.16. The summed E-state index contributed by atoms with van der Waals surface area (Å²) in [5, 5.41) is 13.6. The maximum Gasteiger partial charge on any atom is 0.414 e. The molecule has 1 saturated heterocycles. The van der Waals surface area contributed by atoms with Crippen molar-refractivity contribution < 1.29 is 28.6 Å². The van der Waals surface area contributed by atoms with Gasteiger partial charge in [0.2, 0.25) is 11.8 Å². The van der Waals surface area contributed by atoms with Crippen LogP contribution in [0.5, 0.6) is 5.88 Å². The van der Waals surface area contributed by atoms with Crippen LogP contribution in [-0.4, -0.2) is 102 Å². The van der Waals surface area contributed by atoms with Gasteiger partial charge in [0.25, 0.3) is 0 Å². The molecule has 2 amide bonds. The molecular weight excluding hydrogens is 563 g/mol. The number of hydrogen-bond acceptors (Lipinski definition) is 10. The van der Waals surface area contributed by atoms with E-state index in [1.807, 2.05) is 36.0 Å². The zero-order chi connectivity index (χ0) is 29.8. The summed E-state index contributed by atoms with van der Waals surface area (Å²) >= 11 is 1.46. The molecule has 13 heteroatoms. The van der Waals surface area contributed by atoms with Crippen molar-refractivity contribution in [3.8, 4) is 5.88 Å². The number of carbonyl (C=O) groups excluding carboxylic acids is 2. The number of amides is 2. The van der Waals surface area contributed by atoms with Gasteiger partial charge in [-0.1, -0.05) is 0 Å². The molecule has 1 fully saturated rings. The number of methoxy groups -OCH3 is 1. The number of benzene rings is 1. The number of cyclic esters (lactones) is 1. The Morgan fingerprint density at radius 3 is 2.88 bits per heavy atom. The summed E-state index contributed by atoms with van der Waals surface area (Å²) in [6.45, 7) is 1.91. The Labute approximate surface area is 248 Å². The highest BCUT2D eigenvalue weighted by molar-refractivity contribution is 8.00. The van der Waals surface area contributed by atoms with E-state index in [0.29, 0.717) is 78.6 Å². The van der Waals surface area contributed by atoms with Gasteiger partial charge in [-0.2, -0.15) is 0 Å². The van der Waals surface area contributed by atoms with Gasteiger partial charge in [0.05, 0.1) is 42.9 Å². The lowest BCUT2D eigenvalue weighted by Gasteiger charge is -2.27. The smallest absolute Gasteiger partial charge is 0.414 e. The molecule has 2 atom stereocenters. The quantitative estimate of drug-likeness (QED) is 0.321. The van der Waals surface area contributed by atoms with Crippen LogP contribution in [0.4, 0.5) is 20.6 Å². The van der Waals surface area contributed by atoms with Gasteiger partial charge in [0.1, 0.15) is 17.4 Å². The molecule has 0 saturated carbocycles. The molecule has 11 nitrogen and oxygen atoms in total. The Hall–Kier alpha value is -3.52. The zero-order valence-corrected chi connectivity index (χ0v) is 24.7. The fraction of sp³-hybridized carbons (Fsp3) is 0.448. The topological polar surface area (TPSA) is 120 Å². The molecule has 5 rings (SSSR count). The van der Waals surface area contributed by atoms with Gasteiger partial charge in [-0.15, -0.1) is 11.8 Å². The van der Waals surface area contributed by atoms with E-state index < -0.39 is 18.0 Å². The predicted octanol–water partition coefficient (Wildman–Crippen LogP) is 3.35. The number of nitrogens with zero attached hydrogens (tertiary/aromatic N) is 5. The van der Waals surface area contributed by atoms with Gasteiger partial charge in [-0.25, -0.2) is 14.2 Å². The summed E-state index contributed by atoms with van der Waals surface area (Å²) in [5.41, 5.74) is 2.72. The summed E-state index contributed by atoms with van der Waals surface area (Å²) in [6.07, 6.45) is 1.03. The average molecular weight is 599 g/mol. The van der Waals surface area contributed by atoms with Crippen LogP contribution in [-0.2, 0) is 16.1 Å². The molecule has 3 aromatic rings. The van der Waals surface area contributed by atoms with Crippen LogP contribution in [0.15, 0.2) is 41.4 Å². The van der Waals surface area contributed by atoms with Crippen LogP contribution in [0.2, 0.25) is 0 Å². The van der Waals surface area contributed by atoms with E-state index in [4.69, 9.17) is 9.47 Å². The van der Waals surface area contributed by atoms with Crippen molar-refractivity contribution in [2.45, 2.75) is 36.5 Å².